The Morgan fingerprint density at radius 3 is 2.36 bits per heavy atom. The molecule has 0 aromatic carbocycles. The van der Waals surface area contributed by atoms with Gasteiger partial charge in [0.25, 0.3) is 0 Å². The van der Waals surface area contributed by atoms with Gasteiger partial charge in [0, 0.05) is 36.6 Å². The molecule has 10 N–H and O–H groups in total. The number of anilines is 1. The predicted octanol–water partition coefficient (Wildman–Crippen LogP) is -6.19. The molecule has 3 unspecified atom stereocenters. The Kier molecular flexibility index (Phi) is 18.1. The van der Waals surface area contributed by atoms with Crippen LogP contribution in [0.25, 0.3) is 11.2 Å². The molecule has 1 saturated heterocycles. The Labute approximate surface area is 326 Å². The van der Waals surface area contributed by atoms with E-state index in [0.717, 1.165) is 17.2 Å². The molecule has 2 aromatic heterocycles. The number of nitrogens with two attached hydrogens (primary N) is 1. The van der Waals surface area contributed by atoms with E-state index in [1.165, 1.54) is 13.8 Å². The summed E-state index contributed by atoms with van der Waals surface area (Å²) in [7, 11) is -16.4. The molecule has 1 aliphatic heterocycles. The third kappa shape index (κ3) is 15.1. The number of nitrogen functional groups attached to an aromatic ring is 1. The maximum Gasteiger partial charge on any atom is 1.00 e. The number of nitrogens with one attached hydrogen (secondary N) is 2. The van der Waals surface area contributed by atoms with Crippen LogP contribution in [0.1, 0.15) is 32.9 Å². The molecule has 26 nitrogen and oxygen atoms in total. The van der Waals surface area contributed by atoms with E-state index in [1.807, 2.05) is 0 Å². The molecule has 0 saturated carbocycles. The number of hydrogen-bond donors (Lipinski definition) is 9. The quantitative estimate of drug-likeness (QED) is 0.0244. The number of imidazole rings is 1. The van der Waals surface area contributed by atoms with Crippen molar-refractivity contribution < 1.29 is 109 Å². The number of carboxylic acid groups (broad SMARTS) is 1. The van der Waals surface area contributed by atoms with Crippen molar-refractivity contribution in [2.24, 2.45) is 5.41 Å². The summed E-state index contributed by atoms with van der Waals surface area (Å²) in [5.41, 5.74) is 4.18. The van der Waals surface area contributed by atoms with Gasteiger partial charge in [-0.3, -0.25) is 32.5 Å². The number of amides is 2. The molecule has 1 fully saturated rings. The summed E-state index contributed by atoms with van der Waals surface area (Å²) in [6, 6.07) is 0. The molecule has 304 valence electrons. The van der Waals surface area contributed by atoms with Gasteiger partial charge in [-0.05, 0) is 0 Å². The second-order valence-electron chi connectivity index (χ2n) is 11.8. The minimum absolute atomic E-state index is 0. The van der Waals surface area contributed by atoms with E-state index in [1.54, 1.807) is 0 Å². The van der Waals surface area contributed by atoms with E-state index in [-0.39, 0.29) is 61.1 Å². The summed E-state index contributed by atoms with van der Waals surface area (Å²) >= 11 is 0.678. The number of nitrogens with zero attached hydrogens (tertiary/aromatic N) is 4. The van der Waals surface area contributed by atoms with Crippen LogP contribution in [-0.4, -0.2) is 129 Å². The number of hydrogen-bond acceptors (Lipinski definition) is 20. The average Bonchev–Trinajstić information content (AvgIpc) is 3.60. The second-order valence-corrected chi connectivity index (χ2v) is 17.2. The smallest absolute Gasteiger partial charge is 0.550 e. The van der Waals surface area contributed by atoms with E-state index in [2.05, 4.69) is 34.4 Å². The van der Waals surface area contributed by atoms with Crippen LogP contribution >= 0.6 is 35.2 Å². The summed E-state index contributed by atoms with van der Waals surface area (Å²) in [6.45, 7) is 0.0894. The first-order chi connectivity index (χ1) is 24.9. The number of phosphoric ester groups is 3. The number of thioether (sulfide) groups is 1. The fourth-order valence-corrected chi connectivity index (χ4v) is 7.94. The Bertz CT molecular complexity index is 1840. The van der Waals surface area contributed by atoms with Gasteiger partial charge in [-0.25, -0.2) is 28.6 Å². The Morgan fingerprint density at radius 1 is 1.07 bits per heavy atom. The van der Waals surface area contributed by atoms with E-state index < -0.39 is 102 Å². The van der Waals surface area contributed by atoms with Crippen molar-refractivity contribution in [3.63, 3.8) is 0 Å². The fourth-order valence-electron chi connectivity index (χ4n) is 4.46. The van der Waals surface area contributed by atoms with Crippen molar-refractivity contribution >= 4 is 75.1 Å². The van der Waals surface area contributed by atoms with Gasteiger partial charge in [0.05, 0.1) is 26.0 Å². The van der Waals surface area contributed by atoms with E-state index in [9.17, 15) is 67.8 Å². The topological polar surface area (TPSA) is 404 Å². The standard InChI is InChI=1S/C24H38N7O19P3S.Li/c1-24(2,19(37)22(38)27-4-3-13(32)26-5-6-54-15(35)7-14(33)34)9-47-53(44,45)50-52(42,43)46-8-12-18(49-51(39,40)41)17(36)23(48-12)31-11-30-16-20(25)28-10-29-21(16)31;/h10-12,17-19,23,36-37H,3-9H2,1-2H3,(H,26,32)(H,27,38)(H,33,34)(H,42,43)(H,44,45)(H2,25,28,29)(H2,39,40,41);/q;+1/p-1/t12-,17-,18-,19?,23-;/m1./s1. The molecule has 2 aromatic rings. The summed E-state index contributed by atoms with van der Waals surface area (Å²) in [5.74, 6) is -3.09. The van der Waals surface area contributed by atoms with Crippen molar-refractivity contribution in [1.82, 2.24) is 30.2 Å². The molecule has 3 heterocycles. The van der Waals surface area contributed by atoms with Crippen molar-refractivity contribution in [2.45, 2.75) is 57.3 Å². The number of carbonyl (C=O) groups excluding carboxylic acids is 4. The zero-order valence-electron chi connectivity index (χ0n) is 29.1. The van der Waals surface area contributed by atoms with Gasteiger partial charge < -0.3 is 60.8 Å². The molecule has 7 atom stereocenters. The number of phosphoric acid groups is 3. The van der Waals surface area contributed by atoms with Crippen LogP contribution in [0.4, 0.5) is 5.82 Å². The van der Waals surface area contributed by atoms with Crippen molar-refractivity contribution in [1.29, 1.82) is 0 Å². The van der Waals surface area contributed by atoms with Crippen LogP contribution in [0.3, 0.4) is 0 Å². The van der Waals surface area contributed by atoms with Crippen LogP contribution in [0.15, 0.2) is 12.7 Å². The van der Waals surface area contributed by atoms with Gasteiger partial charge in [0.15, 0.2) is 22.8 Å². The minimum Gasteiger partial charge on any atom is -0.550 e. The van der Waals surface area contributed by atoms with Gasteiger partial charge in [0.1, 0.15) is 36.3 Å². The first-order valence-corrected chi connectivity index (χ1v) is 20.7. The number of aliphatic carboxylic acids is 1. The van der Waals surface area contributed by atoms with Gasteiger partial charge in [-0.15, -0.1) is 0 Å². The normalized spacial score (nSPS) is 21.5. The first kappa shape index (κ1) is 48.8. The number of rotatable bonds is 21. The van der Waals surface area contributed by atoms with Gasteiger partial charge in [-0.1, -0.05) is 25.6 Å². The van der Waals surface area contributed by atoms with Crippen LogP contribution in [0.2, 0.25) is 0 Å². The number of aliphatic hydroxyl groups excluding tert-OH is 2. The number of carboxylic acids is 1. The number of carbonyl (C=O) groups is 4. The molecule has 55 heavy (non-hydrogen) atoms. The summed E-state index contributed by atoms with van der Waals surface area (Å²) in [4.78, 5) is 96.8. The molecule has 0 bridgehead atoms. The monoisotopic (exact) mass is 859 g/mol. The van der Waals surface area contributed by atoms with E-state index in [4.69, 9.17) is 19.5 Å². The molecule has 0 radical (unpaired) electrons. The first-order valence-electron chi connectivity index (χ1n) is 15.2. The van der Waals surface area contributed by atoms with E-state index in [0.29, 0.717) is 11.8 Å². The third-order valence-electron chi connectivity index (χ3n) is 7.05. The number of aromatic nitrogens is 4. The number of ether oxygens (including phenoxy) is 1. The van der Waals surface area contributed by atoms with E-state index >= 15 is 0 Å². The van der Waals surface area contributed by atoms with Crippen molar-refractivity contribution in [2.75, 3.05) is 37.8 Å². The zero-order chi connectivity index (χ0) is 40.6. The molecule has 1 aliphatic rings. The largest absolute Gasteiger partial charge is 1.00 e. The van der Waals surface area contributed by atoms with Crippen molar-refractivity contribution in [3.8, 4) is 0 Å². The van der Waals surface area contributed by atoms with Gasteiger partial charge >= 0.3 is 42.3 Å². The predicted molar refractivity (Wildman–Crippen MR) is 177 cm³/mol. The number of aliphatic hydroxyl groups is 2. The molecule has 3 rings (SSSR count). The molecular formula is C24H37LiN7O19P3S. The SMILES string of the molecule is CC(C)(COP(=O)(O)OP(=O)(O)OC[C@H]1O[C@@H](n2cnc3c(N)ncnc32)[C@H](O)[C@@H]1OP(=O)(O)O)C(O)C(=O)NCCC(=O)NCCSC(=O)CC(=O)[O-].[Li+]. The van der Waals surface area contributed by atoms with Crippen LogP contribution in [-0.2, 0) is 55.5 Å². The Morgan fingerprint density at radius 2 is 1.73 bits per heavy atom. The maximum atomic E-state index is 12.6. The maximum absolute atomic E-state index is 12.6. The van der Waals surface area contributed by atoms with Crippen LogP contribution in [0, 0.1) is 5.41 Å². The number of fused-ring (bicyclic) bond motifs is 1. The average molecular weight is 860 g/mol. The summed E-state index contributed by atoms with van der Waals surface area (Å²) < 4.78 is 61.8. The van der Waals surface area contributed by atoms with Gasteiger partial charge in [0.2, 0.25) is 11.8 Å². The minimum atomic E-state index is -5.59. The van der Waals surface area contributed by atoms with Crippen LogP contribution in [0.5, 0.6) is 0 Å². The Balaban J connectivity index is 0.0000105. The fraction of sp³-hybridized carbons (Fsp3) is 0.625. The summed E-state index contributed by atoms with van der Waals surface area (Å²) in [5, 5.41) is 35.7. The summed E-state index contributed by atoms with van der Waals surface area (Å²) in [6.07, 6.45) is -7.92. The third-order valence-corrected chi connectivity index (χ3v) is 11.0. The van der Waals surface area contributed by atoms with Crippen molar-refractivity contribution in [3.05, 3.63) is 12.7 Å². The molecule has 0 spiro atoms. The van der Waals surface area contributed by atoms with Crippen LogP contribution < -0.4 is 40.3 Å². The molecular weight excluding hydrogens is 822 g/mol. The molecule has 0 aliphatic carbocycles. The second kappa shape index (κ2) is 20.4. The molecule has 2 amide bonds. The molecule has 31 heteroatoms. The van der Waals surface area contributed by atoms with Gasteiger partial charge in [-0.2, -0.15) is 4.31 Å². The Hall–Kier alpha value is -2.37. The zero-order valence-corrected chi connectivity index (χ0v) is 32.6.